The van der Waals surface area contributed by atoms with Crippen LogP contribution in [0.15, 0.2) is 59.8 Å². The first kappa shape index (κ1) is 23.8. The molecule has 10 nitrogen and oxygen atoms in total. The summed E-state index contributed by atoms with van der Waals surface area (Å²) in [5.74, 6) is 0.627. The minimum atomic E-state index is -4.53. The lowest BCUT2D eigenvalue weighted by Gasteiger charge is -2.37. The molecule has 186 valence electrons. The summed E-state index contributed by atoms with van der Waals surface area (Å²) in [6.45, 7) is 2.23. The Morgan fingerprint density at radius 2 is 1.69 bits per heavy atom. The van der Waals surface area contributed by atoms with Crippen molar-refractivity contribution >= 4 is 16.9 Å². The third-order valence-electron chi connectivity index (χ3n) is 6.02. The minimum Gasteiger partial charge on any atom is -0.376 e. The van der Waals surface area contributed by atoms with Gasteiger partial charge in [-0.1, -0.05) is 17.3 Å². The second-order valence-electron chi connectivity index (χ2n) is 8.29. The standard InChI is InChI=1S/C23H21F3N8O2/c24-23(25,26)19-5-3-16(13-29-19)15-2-4-18-17(12-15)21(36)34(31-30-18)14-20(35)32-8-10-33(11-9-32)22-27-6-1-7-28-22/h1-7,12-13,20,35H,8-11,14H2. The lowest BCUT2D eigenvalue weighted by molar-refractivity contribution is -0.141. The smallest absolute Gasteiger partial charge is 0.376 e. The Bertz CT molecular complexity index is 1410. The van der Waals surface area contributed by atoms with Gasteiger partial charge in [0.2, 0.25) is 5.95 Å². The van der Waals surface area contributed by atoms with Crippen molar-refractivity contribution in [2.75, 3.05) is 31.1 Å². The molecule has 4 heterocycles. The summed E-state index contributed by atoms with van der Waals surface area (Å²) in [7, 11) is 0. The number of halogens is 3. The molecule has 0 spiro atoms. The first-order valence-corrected chi connectivity index (χ1v) is 11.1. The number of nitrogens with zero attached hydrogens (tertiary/aromatic N) is 8. The number of fused-ring (bicyclic) bond motifs is 1. The number of hydrogen-bond acceptors (Lipinski definition) is 9. The number of hydrogen-bond donors (Lipinski definition) is 1. The SMILES string of the molecule is O=c1c2cc(-c3ccc(C(F)(F)F)nc3)ccc2nnn1CC(O)N1CCN(c2ncccn2)CC1. The summed E-state index contributed by atoms with van der Waals surface area (Å²) < 4.78 is 39.5. The van der Waals surface area contributed by atoms with E-state index in [9.17, 15) is 23.1 Å². The molecule has 0 aliphatic carbocycles. The zero-order valence-electron chi connectivity index (χ0n) is 18.9. The fraction of sp³-hybridized carbons (Fsp3) is 0.304. The molecule has 1 aromatic carbocycles. The quantitative estimate of drug-likeness (QED) is 0.440. The monoisotopic (exact) mass is 498 g/mol. The Kier molecular flexibility index (Phi) is 6.33. The number of aliphatic hydroxyl groups excluding tert-OH is 1. The molecule has 1 unspecified atom stereocenters. The van der Waals surface area contributed by atoms with E-state index in [4.69, 9.17) is 0 Å². The highest BCUT2D eigenvalue weighted by atomic mass is 19.4. The van der Waals surface area contributed by atoms with E-state index in [1.54, 1.807) is 30.6 Å². The van der Waals surface area contributed by atoms with Crippen LogP contribution in [0.25, 0.3) is 22.0 Å². The topological polar surface area (TPSA) is 113 Å². The third kappa shape index (κ3) is 4.88. The molecular weight excluding hydrogens is 477 g/mol. The van der Waals surface area contributed by atoms with Crippen molar-refractivity contribution in [2.24, 2.45) is 0 Å². The van der Waals surface area contributed by atoms with Crippen LogP contribution >= 0.6 is 0 Å². The van der Waals surface area contributed by atoms with E-state index >= 15 is 0 Å². The van der Waals surface area contributed by atoms with Crippen LogP contribution in [0.1, 0.15) is 5.69 Å². The van der Waals surface area contributed by atoms with Gasteiger partial charge < -0.3 is 10.0 Å². The minimum absolute atomic E-state index is 0.0876. The lowest BCUT2D eigenvalue weighted by Crippen LogP contribution is -2.52. The maximum atomic E-state index is 13.1. The number of aromatic nitrogens is 6. The summed E-state index contributed by atoms with van der Waals surface area (Å²) in [5.41, 5.74) is -0.178. The van der Waals surface area contributed by atoms with Gasteiger partial charge >= 0.3 is 6.18 Å². The maximum absolute atomic E-state index is 13.1. The Hall–Kier alpha value is -3.97. The molecule has 5 rings (SSSR count). The van der Waals surface area contributed by atoms with Crippen LogP contribution in [0, 0.1) is 0 Å². The van der Waals surface area contributed by atoms with E-state index in [1.165, 1.54) is 12.1 Å². The van der Waals surface area contributed by atoms with Gasteiger partial charge in [-0.2, -0.15) is 13.2 Å². The molecule has 1 fully saturated rings. The number of rotatable bonds is 5. The summed E-state index contributed by atoms with van der Waals surface area (Å²) in [4.78, 5) is 28.9. The second-order valence-corrected chi connectivity index (χ2v) is 8.29. The number of piperazine rings is 1. The van der Waals surface area contributed by atoms with E-state index in [2.05, 4.69) is 25.3 Å². The van der Waals surface area contributed by atoms with E-state index < -0.39 is 23.7 Å². The predicted molar refractivity (Wildman–Crippen MR) is 124 cm³/mol. The molecular formula is C23H21F3N8O2. The lowest BCUT2D eigenvalue weighted by atomic mass is 10.1. The van der Waals surface area contributed by atoms with Crippen LogP contribution in [0.2, 0.25) is 0 Å². The fourth-order valence-electron chi connectivity index (χ4n) is 4.05. The molecule has 0 saturated carbocycles. The molecule has 0 bridgehead atoms. The van der Waals surface area contributed by atoms with Crippen molar-refractivity contribution in [2.45, 2.75) is 18.9 Å². The van der Waals surface area contributed by atoms with Crippen molar-refractivity contribution in [1.29, 1.82) is 0 Å². The average molecular weight is 498 g/mol. The molecule has 1 atom stereocenters. The van der Waals surface area contributed by atoms with E-state index in [1.807, 2.05) is 9.80 Å². The summed E-state index contributed by atoms with van der Waals surface area (Å²) in [6.07, 6.45) is -1.04. The predicted octanol–water partition coefficient (Wildman–Crippen LogP) is 1.80. The fourth-order valence-corrected chi connectivity index (χ4v) is 4.05. The van der Waals surface area contributed by atoms with Crippen molar-refractivity contribution in [3.63, 3.8) is 0 Å². The highest BCUT2D eigenvalue weighted by molar-refractivity contribution is 5.83. The normalized spacial score (nSPS) is 15.8. The van der Waals surface area contributed by atoms with Crippen molar-refractivity contribution in [3.8, 4) is 11.1 Å². The molecule has 1 saturated heterocycles. The Morgan fingerprint density at radius 3 is 2.36 bits per heavy atom. The van der Waals surface area contributed by atoms with Gasteiger partial charge in [0.05, 0.1) is 11.9 Å². The Labute approximate surface area is 202 Å². The molecule has 0 amide bonds. The number of aliphatic hydroxyl groups is 1. The highest BCUT2D eigenvalue weighted by Crippen LogP contribution is 2.29. The van der Waals surface area contributed by atoms with Crippen molar-refractivity contribution in [3.05, 3.63) is 71.0 Å². The van der Waals surface area contributed by atoms with Crippen LogP contribution in [0.5, 0.6) is 0 Å². The van der Waals surface area contributed by atoms with E-state index in [0.29, 0.717) is 48.8 Å². The molecule has 4 aromatic rings. The Balaban J connectivity index is 1.32. The van der Waals surface area contributed by atoms with Gasteiger partial charge in [0.1, 0.15) is 17.4 Å². The second kappa shape index (κ2) is 9.59. The molecule has 36 heavy (non-hydrogen) atoms. The van der Waals surface area contributed by atoms with Crippen LogP contribution < -0.4 is 10.5 Å². The average Bonchev–Trinajstić information content (AvgIpc) is 2.90. The van der Waals surface area contributed by atoms with Gasteiger partial charge in [-0.05, 0) is 29.8 Å². The van der Waals surface area contributed by atoms with Crippen LogP contribution in [-0.4, -0.2) is 72.4 Å². The van der Waals surface area contributed by atoms with Crippen LogP contribution in [0.4, 0.5) is 19.1 Å². The summed E-state index contributed by atoms with van der Waals surface area (Å²) in [5, 5.41) is 19.0. The highest BCUT2D eigenvalue weighted by Gasteiger charge is 2.32. The van der Waals surface area contributed by atoms with E-state index in [-0.39, 0.29) is 11.9 Å². The first-order chi connectivity index (χ1) is 17.3. The molecule has 1 aliphatic rings. The molecule has 13 heteroatoms. The maximum Gasteiger partial charge on any atom is 0.433 e. The number of anilines is 1. The van der Waals surface area contributed by atoms with Gasteiger partial charge in [-0.3, -0.25) is 14.7 Å². The first-order valence-electron chi connectivity index (χ1n) is 11.1. The number of pyridine rings is 1. The van der Waals surface area contributed by atoms with Gasteiger partial charge in [0, 0.05) is 50.3 Å². The van der Waals surface area contributed by atoms with Crippen molar-refractivity contribution < 1.29 is 18.3 Å². The summed E-state index contributed by atoms with van der Waals surface area (Å²) in [6, 6.07) is 8.68. The zero-order chi connectivity index (χ0) is 25.3. The Morgan fingerprint density at radius 1 is 0.972 bits per heavy atom. The molecule has 1 N–H and O–H groups in total. The molecule has 3 aromatic heterocycles. The summed E-state index contributed by atoms with van der Waals surface area (Å²) >= 11 is 0. The molecule has 1 aliphatic heterocycles. The largest absolute Gasteiger partial charge is 0.433 e. The zero-order valence-corrected chi connectivity index (χ0v) is 18.9. The van der Waals surface area contributed by atoms with Gasteiger partial charge in [0.15, 0.2) is 0 Å². The van der Waals surface area contributed by atoms with Gasteiger partial charge in [-0.25, -0.2) is 14.6 Å². The van der Waals surface area contributed by atoms with Crippen LogP contribution in [0.3, 0.4) is 0 Å². The number of alkyl halides is 3. The van der Waals surface area contributed by atoms with E-state index in [0.717, 1.165) is 16.9 Å². The van der Waals surface area contributed by atoms with Gasteiger partial charge in [0.25, 0.3) is 5.56 Å². The third-order valence-corrected chi connectivity index (χ3v) is 6.02. The number of benzene rings is 1. The van der Waals surface area contributed by atoms with Crippen LogP contribution in [-0.2, 0) is 12.7 Å². The molecule has 0 radical (unpaired) electrons. The van der Waals surface area contributed by atoms with Gasteiger partial charge in [-0.15, -0.1) is 5.10 Å². The van der Waals surface area contributed by atoms with Crippen molar-refractivity contribution in [1.82, 2.24) is 34.8 Å².